The molecule has 9 nitrogen and oxygen atoms in total. The lowest BCUT2D eigenvalue weighted by Gasteiger charge is -2.45. The van der Waals surface area contributed by atoms with E-state index >= 15 is 0 Å². The van der Waals surface area contributed by atoms with Gasteiger partial charge < -0.3 is 25.8 Å². The normalized spacial score (nSPS) is 18.0. The van der Waals surface area contributed by atoms with Crippen molar-refractivity contribution in [2.24, 2.45) is 11.7 Å². The highest BCUT2D eigenvalue weighted by atomic mass is 16.2. The highest BCUT2D eigenvalue weighted by Crippen LogP contribution is 2.38. The molecule has 1 fully saturated rings. The van der Waals surface area contributed by atoms with Gasteiger partial charge in [-0.25, -0.2) is 0 Å². The van der Waals surface area contributed by atoms with Crippen molar-refractivity contribution >= 4 is 29.3 Å². The first kappa shape index (κ1) is 24.7. The highest BCUT2D eigenvalue weighted by molar-refractivity contribution is 6.15. The number of aromatic nitrogens is 1. The van der Waals surface area contributed by atoms with E-state index in [9.17, 15) is 19.2 Å². The molecule has 4 N–H and O–H groups in total. The predicted molar refractivity (Wildman–Crippen MR) is 135 cm³/mol. The van der Waals surface area contributed by atoms with Crippen molar-refractivity contribution in [3.63, 3.8) is 0 Å². The second-order valence-electron chi connectivity index (χ2n) is 8.96. The average molecular weight is 488 g/mol. The lowest BCUT2D eigenvalue weighted by molar-refractivity contribution is -0.152. The first-order valence-corrected chi connectivity index (χ1v) is 11.8. The lowest BCUT2D eigenvalue weighted by atomic mass is 9.77. The molecule has 4 amide bonds. The van der Waals surface area contributed by atoms with Gasteiger partial charge in [-0.2, -0.15) is 0 Å². The Morgan fingerprint density at radius 2 is 1.58 bits per heavy atom. The summed E-state index contributed by atoms with van der Waals surface area (Å²) in [7, 11) is 0. The van der Waals surface area contributed by atoms with Gasteiger partial charge in [0.2, 0.25) is 5.91 Å². The number of nitrogens with two attached hydrogens (primary N) is 1. The van der Waals surface area contributed by atoms with Crippen LogP contribution < -0.4 is 16.0 Å². The summed E-state index contributed by atoms with van der Waals surface area (Å²) in [6.07, 6.45) is 1.57. The monoisotopic (exact) mass is 487 g/mol. The van der Waals surface area contributed by atoms with Crippen LogP contribution in [0.25, 0.3) is 0 Å². The summed E-state index contributed by atoms with van der Waals surface area (Å²) in [4.78, 5) is 59.6. The molecule has 2 heterocycles. The minimum Gasteiger partial charge on any atom is -0.367 e. The molecule has 1 aliphatic rings. The van der Waals surface area contributed by atoms with Gasteiger partial charge in [0.1, 0.15) is 11.2 Å². The molecule has 1 aliphatic heterocycles. The summed E-state index contributed by atoms with van der Waals surface area (Å²) < 4.78 is 0. The molecule has 4 rings (SSSR count). The molecule has 36 heavy (non-hydrogen) atoms. The molecule has 9 heteroatoms. The SMILES string of the molecule is CC(C)C(C(N)=O)(c1ccccc1)N1CCN(c2ccccc2)C(=O)C(NC(=O)c2ccc[nH]2)C1=O. The van der Waals surface area contributed by atoms with Crippen LogP contribution in [-0.2, 0) is 19.9 Å². The van der Waals surface area contributed by atoms with Crippen molar-refractivity contribution in [1.29, 1.82) is 0 Å². The predicted octanol–water partition coefficient (Wildman–Crippen LogP) is 2.03. The Bertz CT molecular complexity index is 1240. The maximum absolute atomic E-state index is 14.1. The Kier molecular flexibility index (Phi) is 6.91. The van der Waals surface area contributed by atoms with Gasteiger partial charge in [0.15, 0.2) is 6.04 Å². The maximum atomic E-state index is 14.1. The van der Waals surface area contributed by atoms with Gasteiger partial charge in [-0.3, -0.25) is 19.2 Å². The number of carbonyl (C=O) groups is 4. The Balaban J connectivity index is 1.84. The average Bonchev–Trinajstić information content (AvgIpc) is 3.39. The third-order valence-corrected chi connectivity index (χ3v) is 6.61. The smallest absolute Gasteiger partial charge is 0.268 e. The summed E-state index contributed by atoms with van der Waals surface area (Å²) in [6.45, 7) is 3.75. The van der Waals surface area contributed by atoms with E-state index in [-0.39, 0.29) is 18.8 Å². The van der Waals surface area contributed by atoms with Gasteiger partial charge in [-0.1, -0.05) is 62.4 Å². The number of nitrogens with zero attached hydrogens (tertiary/aromatic N) is 2. The Morgan fingerprint density at radius 1 is 0.944 bits per heavy atom. The van der Waals surface area contributed by atoms with Crippen molar-refractivity contribution in [2.45, 2.75) is 25.4 Å². The van der Waals surface area contributed by atoms with Crippen LogP contribution in [-0.4, -0.2) is 52.6 Å². The van der Waals surface area contributed by atoms with E-state index in [1.807, 2.05) is 6.07 Å². The first-order valence-electron chi connectivity index (χ1n) is 11.8. The van der Waals surface area contributed by atoms with Crippen LogP contribution in [0.5, 0.6) is 0 Å². The molecule has 0 bridgehead atoms. The number of carbonyl (C=O) groups excluding carboxylic acids is 4. The summed E-state index contributed by atoms with van der Waals surface area (Å²) in [6, 6.07) is 19.3. The number of anilines is 1. The minimum absolute atomic E-state index is 0.0321. The maximum Gasteiger partial charge on any atom is 0.268 e. The largest absolute Gasteiger partial charge is 0.367 e. The zero-order valence-electron chi connectivity index (χ0n) is 20.2. The Hall–Kier alpha value is -4.40. The van der Waals surface area contributed by atoms with Gasteiger partial charge in [0, 0.05) is 25.0 Å². The van der Waals surface area contributed by atoms with Crippen LogP contribution in [0.4, 0.5) is 5.69 Å². The van der Waals surface area contributed by atoms with Gasteiger partial charge in [0.05, 0.1) is 0 Å². The fraction of sp³-hybridized carbons (Fsp3) is 0.259. The standard InChI is InChI=1S/C27H29N5O4/c1-18(2)27(26(28)36,19-10-5-3-6-11-19)32-17-16-31(20-12-7-4-8-13-20)24(34)22(25(32)35)30-23(33)21-14-9-15-29-21/h3-15,18,22,29H,16-17H2,1-2H3,(H2,28,36)(H,30,33). The van der Waals surface area contributed by atoms with Crippen molar-refractivity contribution < 1.29 is 19.2 Å². The van der Waals surface area contributed by atoms with Crippen LogP contribution in [0.1, 0.15) is 29.9 Å². The first-order chi connectivity index (χ1) is 17.3. The lowest BCUT2D eigenvalue weighted by Crippen LogP contribution is -2.64. The van der Waals surface area contributed by atoms with Gasteiger partial charge >= 0.3 is 0 Å². The van der Waals surface area contributed by atoms with E-state index in [2.05, 4.69) is 10.3 Å². The second kappa shape index (κ2) is 10.1. The van der Waals surface area contributed by atoms with Crippen molar-refractivity contribution in [1.82, 2.24) is 15.2 Å². The van der Waals surface area contributed by atoms with E-state index in [0.717, 1.165) is 0 Å². The third kappa shape index (κ3) is 4.24. The number of hydrogen-bond donors (Lipinski definition) is 3. The van der Waals surface area contributed by atoms with E-state index in [1.54, 1.807) is 86.8 Å². The fourth-order valence-electron chi connectivity index (χ4n) is 4.91. The number of nitrogens with one attached hydrogen (secondary N) is 2. The van der Waals surface area contributed by atoms with E-state index in [4.69, 9.17) is 5.73 Å². The zero-order chi connectivity index (χ0) is 25.9. The molecule has 0 saturated carbocycles. The Labute approximate surface area is 209 Å². The highest BCUT2D eigenvalue weighted by Gasteiger charge is 2.53. The topological polar surface area (TPSA) is 129 Å². The summed E-state index contributed by atoms with van der Waals surface area (Å²) in [5.74, 6) is -3.06. The van der Waals surface area contributed by atoms with E-state index < -0.39 is 41.1 Å². The van der Waals surface area contributed by atoms with Crippen molar-refractivity contribution in [3.8, 4) is 0 Å². The van der Waals surface area contributed by atoms with Crippen molar-refractivity contribution in [2.75, 3.05) is 18.0 Å². The molecule has 0 spiro atoms. The van der Waals surface area contributed by atoms with Gasteiger partial charge in [0.25, 0.3) is 17.7 Å². The number of benzene rings is 2. The molecule has 3 aromatic rings. The molecule has 0 radical (unpaired) electrons. The second-order valence-corrected chi connectivity index (χ2v) is 8.96. The molecule has 1 saturated heterocycles. The molecular weight excluding hydrogens is 458 g/mol. The minimum atomic E-state index is -1.57. The van der Waals surface area contributed by atoms with Crippen LogP contribution in [0.15, 0.2) is 79.0 Å². The van der Waals surface area contributed by atoms with E-state index in [0.29, 0.717) is 11.3 Å². The number of hydrogen-bond acceptors (Lipinski definition) is 4. The van der Waals surface area contributed by atoms with Crippen LogP contribution >= 0.6 is 0 Å². The molecule has 0 aliphatic carbocycles. The summed E-state index contributed by atoms with van der Waals surface area (Å²) in [5.41, 5.74) is 5.80. The number of para-hydroxylation sites is 1. The van der Waals surface area contributed by atoms with Crippen LogP contribution in [0.2, 0.25) is 0 Å². The van der Waals surface area contributed by atoms with Gasteiger partial charge in [-0.05, 0) is 35.7 Å². The molecule has 2 aromatic carbocycles. The number of rotatable bonds is 7. The fourth-order valence-corrected chi connectivity index (χ4v) is 4.91. The number of aromatic amines is 1. The number of H-pyrrole nitrogens is 1. The molecule has 2 unspecified atom stereocenters. The molecule has 2 atom stereocenters. The third-order valence-electron chi connectivity index (χ3n) is 6.61. The zero-order valence-corrected chi connectivity index (χ0v) is 20.2. The molecular formula is C27H29N5O4. The summed E-state index contributed by atoms with van der Waals surface area (Å²) >= 11 is 0. The van der Waals surface area contributed by atoms with E-state index in [1.165, 1.54) is 9.80 Å². The van der Waals surface area contributed by atoms with Gasteiger partial charge in [-0.15, -0.1) is 0 Å². The summed E-state index contributed by atoms with van der Waals surface area (Å²) in [5, 5.41) is 2.59. The molecule has 186 valence electrons. The number of amides is 4. The van der Waals surface area contributed by atoms with Crippen molar-refractivity contribution in [3.05, 3.63) is 90.3 Å². The van der Waals surface area contributed by atoms with Crippen LogP contribution in [0, 0.1) is 5.92 Å². The number of primary amides is 1. The Morgan fingerprint density at radius 3 is 2.14 bits per heavy atom. The van der Waals surface area contributed by atoms with Crippen LogP contribution in [0.3, 0.4) is 0 Å². The quantitative estimate of drug-likeness (QED) is 0.441. The molecule has 1 aromatic heterocycles.